The van der Waals surface area contributed by atoms with E-state index < -0.39 is 29.6 Å². The molecule has 1 unspecified atom stereocenters. The van der Waals surface area contributed by atoms with Crippen molar-refractivity contribution in [3.63, 3.8) is 0 Å². The van der Waals surface area contributed by atoms with E-state index in [2.05, 4.69) is 15.6 Å². The summed E-state index contributed by atoms with van der Waals surface area (Å²) in [7, 11) is 0. The first-order valence-corrected chi connectivity index (χ1v) is 16.0. The molecule has 12 heteroatoms. The summed E-state index contributed by atoms with van der Waals surface area (Å²) in [5.41, 5.74) is 0.564. The fraction of sp³-hybridized carbons (Fsp3) is 0.361. The van der Waals surface area contributed by atoms with E-state index in [-0.39, 0.29) is 60.3 Å². The maximum absolute atomic E-state index is 13.6. The molecule has 0 fully saturated rings. The predicted molar refractivity (Wildman–Crippen MR) is 176 cm³/mol. The number of aromatic nitrogens is 1. The van der Waals surface area contributed by atoms with E-state index in [4.69, 9.17) is 14.2 Å². The van der Waals surface area contributed by atoms with Crippen molar-refractivity contribution >= 4 is 35.5 Å². The molecule has 48 heavy (non-hydrogen) atoms. The number of esters is 1. The summed E-state index contributed by atoms with van der Waals surface area (Å²) in [6.07, 6.45) is 7.19. The van der Waals surface area contributed by atoms with E-state index in [1.165, 1.54) is 6.07 Å². The molecule has 2 aliphatic heterocycles. The van der Waals surface area contributed by atoms with Gasteiger partial charge >= 0.3 is 5.97 Å². The number of benzene rings is 2. The second-order valence-corrected chi connectivity index (χ2v) is 11.8. The zero-order valence-corrected chi connectivity index (χ0v) is 26.7. The van der Waals surface area contributed by atoms with Gasteiger partial charge in [0.1, 0.15) is 28.7 Å². The zero-order chi connectivity index (χ0) is 34.0. The topological polar surface area (TPSA) is 173 Å². The highest BCUT2D eigenvalue weighted by Crippen LogP contribution is 2.46. The molecule has 2 amide bonds. The molecular formula is C36H39N3O9. The molecule has 0 radical (unpaired) electrons. The van der Waals surface area contributed by atoms with Gasteiger partial charge in [0.25, 0.3) is 0 Å². The Morgan fingerprint density at radius 2 is 1.83 bits per heavy atom. The van der Waals surface area contributed by atoms with Crippen LogP contribution in [0.1, 0.15) is 91.3 Å². The second-order valence-electron chi connectivity index (χ2n) is 11.8. The maximum Gasteiger partial charge on any atom is 0.342 e. The molecule has 1 aromatic heterocycles. The highest BCUT2D eigenvalue weighted by atomic mass is 16.7. The van der Waals surface area contributed by atoms with Crippen molar-refractivity contribution in [2.45, 2.75) is 70.3 Å². The van der Waals surface area contributed by atoms with E-state index in [9.17, 15) is 29.4 Å². The number of ketones is 1. The number of phenols is 2. The lowest BCUT2D eigenvalue weighted by Crippen LogP contribution is -2.29. The Kier molecular flexibility index (Phi) is 11.3. The molecule has 4 N–H and O–H groups in total. The number of cyclic esters (lactones) is 1. The Hall–Kier alpha value is -5.39. The number of nitrogens with zero attached hydrogens (tertiary/aromatic N) is 1. The van der Waals surface area contributed by atoms with Gasteiger partial charge in [-0.05, 0) is 74.1 Å². The number of amides is 2. The monoisotopic (exact) mass is 657 g/mol. The first kappa shape index (κ1) is 34.0. The third-order valence-corrected chi connectivity index (χ3v) is 8.19. The molecule has 0 bridgehead atoms. The first-order valence-electron chi connectivity index (χ1n) is 16.0. The molecule has 3 heterocycles. The average Bonchev–Trinajstić information content (AvgIpc) is 3.52. The predicted octanol–water partition coefficient (Wildman–Crippen LogP) is 5.37. The van der Waals surface area contributed by atoms with Crippen LogP contribution >= 0.6 is 0 Å². The Balaban J connectivity index is 1.44. The lowest BCUT2D eigenvalue weighted by molar-refractivity contribution is -0.121. The summed E-state index contributed by atoms with van der Waals surface area (Å²) in [6, 6.07) is 11.5. The van der Waals surface area contributed by atoms with Crippen LogP contribution in [0.25, 0.3) is 6.08 Å². The van der Waals surface area contributed by atoms with E-state index in [0.29, 0.717) is 61.4 Å². The van der Waals surface area contributed by atoms with Crippen LogP contribution in [-0.4, -0.2) is 58.2 Å². The molecule has 0 aliphatic carbocycles. The van der Waals surface area contributed by atoms with E-state index in [1.807, 2.05) is 0 Å². The van der Waals surface area contributed by atoms with Crippen LogP contribution in [-0.2, 0) is 19.1 Å². The third kappa shape index (κ3) is 8.69. The minimum absolute atomic E-state index is 0.0170. The number of carbonyl (C=O) groups is 4. The largest absolute Gasteiger partial charge is 0.507 e. The van der Waals surface area contributed by atoms with E-state index in [0.717, 1.165) is 0 Å². The van der Waals surface area contributed by atoms with E-state index >= 15 is 0 Å². The number of pyridine rings is 1. The summed E-state index contributed by atoms with van der Waals surface area (Å²) in [5, 5.41) is 28.5. The van der Waals surface area contributed by atoms with Gasteiger partial charge in [0.15, 0.2) is 11.5 Å². The second kappa shape index (κ2) is 15.9. The highest BCUT2D eigenvalue weighted by molar-refractivity contribution is 5.98. The number of allylic oxidation sites excluding steroid dienone is 1. The smallest absolute Gasteiger partial charge is 0.342 e. The normalized spacial score (nSPS) is 17.7. The minimum Gasteiger partial charge on any atom is -0.507 e. The zero-order valence-electron chi connectivity index (χ0n) is 26.7. The Bertz CT molecular complexity index is 1690. The Morgan fingerprint density at radius 1 is 1.02 bits per heavy atom. The van der Waals surface area contributed by atoms with Crippen LogP contribution < -0.4 is 20.1 Å². The fourth-order valence-corrected chi connectivity index (χ4v) is 5.75. The lowest BCUT2D eigenvalue weighted by atomic mass is 9.84. The number of carbonyl (C=O) groups excluding carboxylic acids is 4. The van der Waals surface area contributed by atoms with Crippen LogP contribution in [0.15, 0.2) is 54.7 Å². The summed E-state index contributed by atoms with van der Waals surface area (Å²) in [6.45, 7) is 1.76. The van der Waals surface area contributed by atoms with Gasteiger partial charge in [0, 0.05) is 49.9 Å². The minimum atomic E-state index is -0.944. The molecule has 0 spiro atoms. The summed E-state index contributed by atoms with van der Waals surface area (Å²) >= 11 is 0. The number of hydrogen-bond acceptors (Lipinski definition) is 10. The molecule has 3 aromatic rings. The average molecular weight is 658 g/mol. The Labute approximate surface area is 278 Å². The molecule has 5 rings (SSSR count). The molecular weight excluding hydrogens is 618 g/mol. The van der Waals surface area contributed by atoms with Crippen molar-refractivity contribution in [2.24, 2.45) is 0 Å². The standard InChI is InChI=1S/C36H39N3O9/c1-22-8-7-11-25(40)10-4-2-3-9-24-18-27(41)34(35(44)33(24)36(45)48-22)26(23-13-14-28-29(19-23)47-21-46-28)20-32(43)38-17-15-31(42)39-30-12-5-6-16-37-30/h3,5-6,9,12-14,16,18-19,22,26,41,44H,2,4,7-8,10-11,15,17,20-21H2,1H3,(H,38,43)(H,37,39,42)/b9-3+/t22-,26?/m0/s1. The molecule has 12 nitrogen and oxygen atoms in total. The van der Waals surface area contributed by atoms with Gasteiger partial charge in [-0.1, -0.05) is 24.3 Å². The summed E-state index contributed by atoms with van der Waals surface area (Å²) < 4.78 is 16.7. The quantitative estimate of drug-likeness (QED) is 0.231. The number of aromatic hydroxyl groups is 2. The fourth-order valence-electron chi connectivity index (χ4n) is 5.75. The molecule has 0 saturated carbocycles. The number of Topliss-reactive ketones (excluding diaryl/α,β-unsaturated/α-hetero) is 1. The lowest BCUT2D eigenvalue weighted by Gasteiger charge is -2.23. The molecule has 2 aromatic carbocycles. The van der Waals surface area contributed by atoms with Gasteiger partial charge in [-0.25, -0.2) is 9.78 Å². The van der Waals surface area contributed by atoms with Crippen molar-refractivity contribution in [2.75, 3.05) is 18.7 Å². The van der Waals surface area contributed by atoms with Crippen molar-refractivity contribution in [3.8, 4) is 23.0 Å². The van der Waals surface area contributed by atoms with Crippen molar-refractivity contribution in [1.82, 2.24) is 10.3 Å². The van der Waals surface area contributed by atoms with Crippen LogP contribution in [0.5, 0.6) is 23.0 Å². The molecule has 2 atom stereocenters. The van der Waals surface area contributed by atoms with Crippen LogP contribution in [0.4, 0.5) is 5.82 Å². The summed E-state index contributed by atoms with van der Waals surface area (Å²) in [5.74, 6) is -1.91. The van der Waals surface area contributed by atoms with Crippen molar-refractivity contribution < 1.29 is 43.6 Å². The molecule has 2 aliphatic rings. The number of rotatable bonds is 8. The van der Waals surface area contributed by atoms with Gasteiger partial charge in [-0.3, -0.25) is 14.4 Å². The Morgan fingerprint density at radius 3 is 2.65 bits per heavy atom. The number of fused-ring (bicyclic) bond motifs is 2. The number of ether oxygens (including phenoxy) is 3. The van der Waals surface area contributed by atoms with Gasteiger partial charge in [-0.2, -0.15) is 0 Å². The van der Waals surface area contributed by atoms with Gasteiger partial charge < -0.3 is 35.1 Å². The van der Waals surface area contributed by atoms with Crippen LogP contribution in [0, 0.1) is 0 Å². The SMILES string of the molecule is C[C@H]1CCCC(=O)CCC/C=C/c2cc(O)c(C(CC(=O)NCCC(=O)Nc3ccccn3)c3ccc4c(c3)OCO4)c(O)c2C(=O)O1. The molecule has 0 saturated heterocycles. The van der Waals surface area contributed by atoms with Gasteiger partial charge in [-0.15, -0.1) is 0 Å². The van der Waals surface area contributed by atoms with Crippen molar-refractivity contribution in [3.05, 3.63) is 77.0 Å². The summed E-state index contributed by atoms with van der Waals surface area (Å²) in [4.78, 5) is 55.5. The van der Waals surface area contributed by atoms with Crippen molar-refractivity contribution in [1.29, 1.82) is 0 Å². The number of phenolic OH excluding ortho intramolecular Hbond substituents is 2. The number of hydrogen-bond donors (Lipinski definition) is 4. The van der Waals surface area contributed by atoms with Gasteiger partial charge in [0.05, 0.1) is 6.10 Å². The number of nitrogens with one attached hydrogen (secondary N) is 2. The maximum atomic E-state index is 13.6. The van der Waals surface area contributed by atoms with Gasteiger partial charge in [0.2, 0.25) is 18.6 Å². The van der Waals surface area contributed by atoms with Crippen LogP contribution in [0.2, 0.25) is 0 Å². The number of anilines is 1. The first-order chi connectivity index (χ1) is 23.2. The third-order valence-electron chi connectivity index (χ3n) is 8.19. The van der Waals surface area contributed by atoms with Crippen LogP contribution in [0.3, 0.4) is 0 Å². The molecule has 252 valence electrons. The highest BCUT2D eigenvalue weighted by Gasteiger charge is 2.32. The van der Waals surface area contributed by atoms with E-state index in [1.54, 1.807) is 61.7 Å².